The molecule has 17 heavy (non-hydrogen) atoms. The number of rotatable bonds is 2. The number of ether oxygens (including phenoxy) is 1. The molecular weight excluding hydrogens is 242 g/mol. The maximum absolute atomic E-state index is 11.6. The van der Waals surface area contributed by atoms with Gasteiger partial charge in [-0.2, -0.15) is 0 Å². The minimum absolute atomic E-state index is 0. The van der Waals surface area contributed by atoms with Crippen LogP contribution >= 0.6 is 12.4 Å². The van der Waals surface area contributed by atoms with E-state index < -0.39 is 0 Å². The Morgan fingerprint density at radius 3 is 2.59 bits per heavy atom. The number of halogens is 1. The molecule has 2 N–H and O–H groups in total. The third-order valence-electron chi connectivity index (χ3n) is 3.04. The van der Waals surface area contributed by atoms with E-state index in [0.717, 1.165) is 12.1 Å². The summed E-state index contributed by atoms with van der Waals surface area (Å²) in [5.74, 6) is 0.0648. The van der Waals surface area contributed by atoms with Crippen molar-refractivity contribution in [2.75, 3.05) is 20.2 Å². The molecule has 1 heterocycles. The maximum Gasteiger partial charge on any atom is 0.310 e. The summed E-state index contributed by atoms with van der Waals surface area (Å²) >= 11 is 0. The molecule has 0 bridgehead atoms. The van der Waals surface area contributed by atoms with Crippen molar-refractivity contribution in [2.24, 2.45) is 5.92 Å². The number of phenols is 1. The quantitative estimate of drug-likeness (QED) is 0.784. The van der Waals surface area contributed by atoms with E-state index in [9.17, 15) is 9.90 Å². The number of hydrogen-bond donors (Lipinski definition) is 2. The van der Waals surface area contributed by atoms with Crippen molar-refractivity contribution in [3.8, 4) is 5.75 Å². The Balaban J connectivity index is 0.00000144. The number of phenolic OH excluding ortho intramolecular Hbond substituents is 1. The predicted molar refractivity (Wildman–Crippen MR) is 66.5 cm³/mol. The Morgan fingerprint density at radius 1 is 1.35 bits per heavy atom. The third-order valence-corrected chi connectivity index (χ3v) is 3.04. The van der Waals surface area contributed by atoms with Gasteiger partial charge in [0.2, 0.25) is 0 Å². The summed E-state index contributed by atoms with van der Waals surface area (Å²) in [4.78, 5) is 11.6. The molecule has 5 heteroatoms. The molecule has 2 atom stereocenters. The van der Waals surface area contributed by atoms with E-state index in [0.29, 0.717) is 6.54 Å². The first kappa shape index (κ1) is 13.8. The number of methoxy groups -OCH3 is 1. The lowest BCUT2D eigenvalue weighted by molar-refractivity contribution is -0.145. The Hall–Kier alpha value is -1.26. The van der Waals surface area contributed by atoms with Crippen molar-refractivity contribution < 1.29 is 14.6 Å². The molecule has 94 valence electrons. The highest BCUT2D eigenvalue weighted by Gasteiger charge is 2.34. The molecule has 0 amide bonds. The lowest BCUT2D eigenvalue weighted by Gasteiger charge is -2.16. The fraction of sp³-hybridized carbons (Fsp3) is 0.417. The Morgan fingerprint density at radius 2 is 2.00 bits per heavy atom. The fourth-order valence-electron chi connectivity index (χ4n) is 2.15. The van der Waals surface area contributed by atoms with Crippen LogP contribution in [0.3, 0.4) is 0 Å². The molecule has 4 nitrogen and oxygen atoms in total. The molecule has 1 fully saturated rings. The SMILES string of the molecule is COC(=O)C1CNCC1c1ccc(O)cc1.Cl. The van der Waals surface area contributed by atoms with Crippen LogP contribution in [0.25, 0.3) is 0 Å². The van der Waals surface area contributed by atoms with Crippen LogP contribution in [0.4, 0.5) is 0 Å². The standard InChI is InChI=1S/C12H15NO3.ClH/c1-16-12(15)11-7-13-6-10(11)8-2-4-9(14)5-3-8;/h2-5,10-11,13-14H,6-7H2,1H3;1H. The molecule has 1 saturated heterocycles. The monoisotopic (exact) mass is 257 g/mol. The normalized spacial score (nSPS) is 22.9. The average molecular weight is 258 g/mol. The van der Waals surface area contributed by atoms with Crippen LogP contribution in [0.2, 0.25) is 0 Å². The van der Waals surface area contributed by atoms with E-state index in [4.69, 9.17) is 4.74 Å². The number of benzene rings is 1. The van der Waals surface area contributed by atoms with Crippen LogP contribution in [0.5, 0.6) is 5.75 Å². The Kier molecular flexibility index (Phi) is 4.78. The van der Waals surface area contributed by atoms with Gasteiger partial charge in [-0.1, -0.05) is 12.1 Å². The van der Waals surface area contributed by atoms with Gasteiger partial charge in [-0.15, -0.1) is 12.4 Å². The molecule has 0 aliphatic carbocycles. The number of hydrogen-bond acceptors (Lipinski definition) is 4. The zero-order valence-corrected chi connectivity index (χ0v) is 10.4. The van der Waals surface area contributed by atoms with Crippen molar-refractivity contribution in [2.45, 2.75) is 5.92 Å². The predicted octanol–water partition coefficient (Wildman–Crippen LogP) is 1.29. The molecule has 2 unspecified atom stereocenters. The molecule has 2 rings (SSSR count). The first-order valence-electron chi connectivity index (χ1n) is 5.30. The zero-order valence-electron chi connectivity index (χ0n) is 9.55. The number of carbonyl (C=O) groups is 1. The van der Waals surface area contributed by atoms with Crippen LogP contribution < -0.4 is 5.32 Å². The highest BCUT2D eigenvalue weighted by molar-refractivity contribution is 5.85. The van der Waals surface area contributed by atoms with Crippen molar-refractivity contribution in [1.82, 2.24) is 5.32 Å². The van der Waals surface area contributed by atoms with E-state index >= 15 is 0 Å². The largest absolute Gasteiger partial charge is 0.508 e. The number of nitrogens with one attached hydrogen (secondary N) is 1. The summed E-state index contributed by atoms with van der Waals surface area (Å²) in [5.41, 5.74) is 1.05. The first-order chi connectivity index (χ1) is 7.72. The van der Waals surface area contributed by atoms with Crippen LogP contribution in [0, 0.1) is 5.92 Å². The van der Waals surface area contributed by atoms with Gasteiger partial charge < -0.3 is 15.2 Å². The topological polar surface area (TPSA) is 58.6 Å². The molecule has 1 aliphatic rings. The van der Waals surface area contributed by atoms with E-state index in [1.54, 1.807) is 12.1 Å². The lowest BCUT2D eigenvalue weighted by Crippen LogP contribution is -2.22. The van der Waals surface area contributed by atoms with Gasteiger partial charge >= 0.3 is 5.97 Å². The van der Waals surface area contributed by atoms with Gasteiger partial charge in [0.05, 0.1) is 13.0 Å². The molecule has 1 aromatic rings. The third kappa shape index (κ3) is 2.90. The summed E-state index contributed by atoms with van der Waals surface area (Å²) in [7, 11) is 1.41. The van der Waals surface area contributed by atoms with Crippen molar-refractivity contribution >= 4 is 18.4 Å². The van der Waals surface area contributed by atoms with Gasteiger partial charge in [-0.25, -0.2) is 0 Å². The highest BCUT2D eigenvalue weighted by Crippen LogP contribution is 2.29. The maximum atomic E-state index is 11.6. The van der Waals surface area contributed by atoms with Crippen LogP contribution in [0.1, 0.15) is 11.5 Å². The van der Waals surface area contributed by atoms with Crippen molar-refractivity contribution in [3.05, 3.63) is 29.8 Å². The van der Waals surface area contributed by atoms with Crippen LogP contribution in [0.15, 0.2) is 24.3 Å². The second-order valence-electron chi connectivity index (χ2n) is 3.99. The van der Waals surface area contributed by atoms with E-state index in [2.05, 4.69) is 5.32 Å². The molecule has 0 saturated carbocycles. The Bertz CT molecular complexity index is 380. The minimum atomic E-state index is -0.178. The highest BCUT2D eigenvalue weighted by atomic mass is 35.5. The smallest absolute Gasteiger partial charge is 0.310 e. The van der Waals surface area contributed by atoms with Crippen LogP contribution in [-0.4, -0.2) is 31.3 Å². The van der Waals surface area contributed by atoms with Gasteiger partial charge in [0.1, 0.15) is 5.75 Å². The molecule has 1 aromatic carbocycles. The number of esters is 1. The fourth-order valence-corrected chi connectivity index (χ4v) is 2.15. The Labute approximate surface area is 106 Å². The lowest BCUT2D eigenvalue weighted by atomic mass is 9.89. The molecule has 0 radical (unpaired) electrons. The summed E-state index contributed by atoms with van der Waals surface area (Å²) in [6.07, 6.45) is 0. The van der Waals surface area contributed by atoms with E-state index in [-0.39, 0.29) is 36.0 Å². The second kappa shape index (κ2) is 5.89. The molecule has 0 spiro atoms. The summed E-state index contributed by atoms with van der Waals surface area (Å²) < 4.78 is 4.78. The van der Waals surface area contributed by atoms with Gasteiger partial charge in [0, 0.05) is 19.0 Å². The average Bonchev–Trinajstić information content (AvgIpc) is 2.78. The summed E-state index contributed by atoms with van der Waals surface area (Å²) in [5, 5.41) is 12.4. The first-order valence-corrected chi connectivity index (χ1v) is 5.30. The minimum Gasteiger partial charge on any atom is -0.508 e. The molecular formula is C12H16ClNO3. The van der Waals surface area contributed by atoms with Gasteiger partial charge in [0.15, 0.2) is 0 Å². The zero-order chi connectivity index (χ0) is 11.5. The summed E-state index contributed by atoms with van der Waals surface area (Å²) in [6, 6.07) is 6.98. The molecule has 0 aromatic heterocycles. The van der Waals surface area contributed by atoms with Crippen LogP contribution in [-0.2, 0) is 9.53 Å². The second-order valence-corrected chi connectivity index (χ2v) is 3.99. The van der Waals surface area contributed by atoms with Gasteiger partial charge in [-0.05, 0) is 17.7 Å². The van der Waals surface area contributed by atoms with Crippen molar-refractivity contribution in [3.63, 3.8) is 0 Å². The number of carbonyl (C=O) groups excluding carboxylic acids is 1. The van der Waals surface area contributed by atoms with Gasteiger partial charge in [0.25, 0.3) is 0 Å². The summed E-state index contributed by atoms with van der Waals surface area (Å²) in [6.45, 7) is 1.42. The van der Waals surface area contributed by atoms with E-state index in [1.807, 2.05) is 12.1 Å². The van der Waals surface area contributed by atoms with Gasteiger partial charge in [-0.3, -0.25) is 4.79 Å². The van der Waals surface area contributed by atoms with Crippen molar-refractivity contribution in [1.29, 1.82) is 0 Å². The van der Waals surface area contributed by atoms with E-state index in [1.165, 1.54) is 7.11 Å². The molecule has 1 aliphatic heterocycles. The number of aromatic hydroxyl groups is 1.